The summed E-state index contributed by atoms with van der Waals surface area (Å²) in [5, 5.41) is 2.96. The molecule has 3 rings (SSSR count). The maximum atomic E-state index is 12.2. The molecule has 0 radical (unpaired) electrons. The second-order valence-electron chi connectivity index (χ2n) is 5.80. The van der Waals surface area contributed by atoms with Crippen molar-refractivity contribution in [1.29, 1.82) is 0 Å². The minimum absolute atomic E-state index is 0.0886. The molecule has 1 aromatic heterocycles. The minimum atomic E-state index is -0.0886. The van der Waals surface area contributed by atoms with E-state index in [1.54, 1.807) is 6.20 Å². The van der Waals surface area contributed by atoms with Crippen molar-refractivity contribution in [3.05, 3.63) is 24.0 Å². The molecule has 6 heteroatoms. The molecule has 2 saturated heterocycles. The molecule has 120 valence electrons. The number of carbonyl (C=O) groups excluding carboxylic acids is 1. The maximum absolute atomic E-state index is 12.2. The number of pyridine rings is 1. The topological polar surface area (TPSA) is 57.7 Å². The van der Waals surface area contributed by atoms with Gasteiger partial charge in [0.25, 0.3) is 5.91 Å². The lowest BCUT2D eigenvalue weighted by molar-refractivity contribution is 0.0383. The number of ether oxygens (including phenoxy) is 1. The first-order valence-corrected chi connectivity index (χ1v) is 8.12. The molecular formula is C16H24N4O2. The Hall–Kier alpha value is -1.66. The normalized spacial score (nSPS) is 19.4. The minimum Gasteiger partial charge on any atom is -0.379 e. The van der Waals surface area contributed by atoms with E-state index in [-0.39, 0.29) is 5.91 Å². The van der Waals surface area contributed by atoms with Crippen LogP contribution >= 0.6 is 0 Å². The molecule has 6 nitrogen and oxygen atoms in total. The van der Waals surface area contributed by atoms with Gasteiger partial charge in [-0.25, -0.2) is 0 Å². The predicted molar refractivity (Wildman–Crippen MR) is 85.3 cm³/mol. The number of anilines is 1. The van der Waals surface area contributed by atoms with Crippen LogP contribution in [0.5, 0.6) is 0 Å². The van der Waals surface area contributed by atoms with Gasteiger partial charge >= 0.3 is 0 Å². The number of carbonyl (C=O) groups is 1. The largest absolute Gasteiger partial charge is 0.379 e. The highest BCUT2D eigenvalue weighted by Crippen LogP contribution is 2.19. The van der Waals surface area contributed by atoms with Crippen LogP contribution in [0.3, 0.4) is 0 Å². The Morgan fingerprint density at radius 2 is 2.00 bits per heavy atom. The first-order valence-electron chi connectivity index (χ1n) is 8.12. The summed E-state index contributed by atoms with van der Waals surface area (Å²) in [6.07, 6.45) is 4.18. The third kappa shape index (κ3) is 3.96. The van der Waals surface area contributed by atoms with Crippen molar-refractivity contribution in [3.8, 4) is 0 Å². The number of hydrogen-bond acceptors (Lipinski definition) is 5. The van der Waals surface area contributed by atoms with Crippen LogP contribution in [0.1, 0.15) is 23.3 Å². The van der Waals surface area contributed by atoms with E-state index in [0.29, 0.717) is 12.2 Å². The smallest absolute Gasteiger partial charge is 0.269 e. The number of hydrogen-bond donors (Lipinski definition) is 1. The molecule has 1 aromatic rings. The third-order valence-corrected chi connectivity index (χ3v) is 4.26. The van der Waals surface area contributed by atoms with E-state index < -0.39 is 0 Å². The Labute approximate surface area is 131 Å². The zero-order chi connectivity index (χ0) is 15.2. The average molecular weight is 304 g/mol. The molecule has 0 aromatic carbocycles. The fraction of sp³-hybridized carbons (Fsp3) is 0.625. The zero-order valence-electron chi connectivity index (χ0n) is 13.0. The number of nitrogens with one attached hydrogen (secondary N) is 1. The van der Waals surface area contributed by atoms with Gasteiger partial charge in [-0.2, -0.15) is 0 Å². The van der Waals surface area contributed by atoms with Crippen LogP contribution in [0.4, 0.5) is 5.69 Å². The van der Waals surface area contributed by atoms with Crippen LogP contribution in [-0.4, -0.2) is 68.3 Å². The summed E-state index contributed by atoms with van der Waals surface area (Å²) in [6.45, 7) is 7.11. The quantitative estimate of drug-likeness (QED) is 0.870. The monoisotopic (exact) mass is 304 g/mol. The molecule has 3 heterocycles. The number of rotatable bonds is 5. The highest BCUT2D eigenvalue weighted by atomic mass is 16.5. The number of nitrogens with zero attached hydrogens (tertiary/aromatic N) is 3. The lowest BCUT2D eigenvalue weighted by Crippen LogP contribution is -2.41. The van der Waals surface area contributed by atoms with Gasteiger partial charge in [0.15, 0.2) is 0 Å². The Morgan fingerprint density at radius 3 is 2.77 bits per heavy atom. The molecule has 0 atom stereocenters. The Kier molecular flexibility index (Phi) is 5.24. The number of amides is 1. The molecule has 1 N–H and O–H groups in total. The van der Waals surface area contributed by atoms with Crippen LogP contribution in [0, 0.1) is 0 Å². The highest BCUT2D eigenvalue weighted by molar-refractivity contribution is 5.93. The fourth-order valence-corrected chi connectivity index (χ4v) is 2.96. The van der Waals surface area contributed by atoms with Crippen LogP contribution in [0.25, 0.3) is 0 Å². The van der Waals surface area contributed by atoms with E-state index >= 15 is 0 Å². The summed E-state index contributed by atoms with van der Waals surface area (Å²) in [5.41, 5.74) is 1.61. The summed E-state index contributed by atoms with van der Waals surface area (Å²) in [6, 6.07) is 3.88. The maximum Gasteiger partial charge on any atom is 0.269 e. The van der Waals surface area contributed by atoms with Gasteiger partial charge in [-0.3, -0.25) is 14.7 Å². The summed E-state index contributed by atoms with van der Waals surface area (Å²) in [5.74, 6) is -0.0886. The lowest BCUT2D eigenvalue weighted by atomic mass is 10.3. The zero-order valence-corrected chi connectivity index (χ0v) is 13.0. The van der Waals surface area contributed by atoms with Crippen molar-refractivity contribution in [2.24, 2.45) is 0 Å². The number of morpholine rings is 1. The van der Waals surface area contributed by atoms with E-state index in [1.807, 2.05) is 12.1 Å². The molecule has 2 aliphatic rings. The second-order valence-corrected chi connectivity index (χ2v) is 5.80. The van der Waals surface area contributed by atoms with Crippen molar-refractivity contribution in [3.63, 3.8) is 0 Å². The first-order chi connectivity index (χ1) is 10.8. The molecule has 1 amide bonds. The van der Waals surface area contributed by atoms with Gasteiger partial charge < -0.3 is 15.0 Å². The SMILES string of the molecule is O=C(NCCN1CCOCC1)c1cc(N2CCCC2)ccn1. The van der Waals surface area contributed by atoms with Crippen molar-refractivity contribution >= 4 is 11.6 Å². The van der Waals surface area contributed by atoms with Crippen LogP contribution in [0.15, 0.2) is 18.3 Å². The van der Waals surface area contributed by atoms with Crippen molar-refractivity contribution in [1.82, 2.24) is 15.2 Å². The Balaban J connectivity index is 1.49. The van der Waals surface area contributed by atoms with E-state index in [1.165, 1.54) is 12.8 Å². The molecule has 0 bridgehead atoms. The Morgan fingerprint density at radius 1 is 1.23 bits per heavy atom. The summed E-state index contributed by atoms with van der Waals surface area (Å²) >= 11 is 0. The fourth-order valence-electron chi connectivity index (χ4n) is 2.96. The molecule has 2 aliphatic heterocycles. The summed E-state index contributed by atoms with van der Waals surface area (Å²) < 4.78 is 5.31. The summed E-state index contributed by atoms with van der Waals surface area (Å²) in [4.78, 5) is 21.0. The molecule has 2 fully saturated rings. The van der Waals surface area contributed by atoms with Gasteiger partial charge in [-0.1, -0.05) is 0 Å². The van der Waals surface area contributed by atoms with Crippen molar-refractivity contribution in [2.45, 2.75) is 12.8 Å². The van der Waals surface area contributed by atoms with Gasteiger partial charge in [0.1, 0.15) is 5.69 Å². The van der Waals surface area contributed by atoms with Crippen molar-refractivity contribution in [2.75, 3.05) is 57.4 Å². The molecule has 0 aliphatic carbocycles. The average Bonchev–Trinajstić information content (AvgIpc) is 3.10. The van der Waals surface area contributed by atoms with Crippen LogP contribution in [0.2, 0.25) is 0 Å². The van der Waals surface area contributed by atoms with E-state index in [0.717, 1.165) is 51.6 Å². The highest BCUT2D eigenvalue weighted by Gasteiger charge is 2.15. The molecule has 0 unspecified atom stereocenters. The Bertz CT molecular complexity index is 497. The van der Waals surface area contributed by atoms with Gasteiger partial charge in [0.05, 0.1) is 13.2 Å². The standard InChI is InChI=1S/C16H24N4O2/c21-16(18-5-8-19-9-11-22-12-10-19)15-13-14(3-4-17-15)20-6-1-2-7-20/h3-4,13H,1-2,5-12H2,(H,18,21). The first kappa shape index (κ1) is 15.2. The van der Waals surface area contributed by atoms with Gasteiger partial charge in [0, 0.05) is 51.2 Å². The molecule has 0 spiro atoms. The molecular weight excluding hydrogens is 280 g/mol. The van der Waals surface area contributed by atoms with Crippen LogP contribution in [-0.2, 0) is 4.74 Å². The van der Waals surface area contributed by atoms with Gasteiger partial charge in [0.2, 0.25) is 0 Å². The summed E-state index contributed by atoms with van der Waals surface area (Å²) in [7, 11) is 0. The van der Waals surface area contributed by atoms with Crippen molar-refractivity contribution < 1.29 is 9.53 Å². The van der Waals surface area contributed by atoms with Gasteiger partial charge in [-0.05, 0) is 25.0 Å². The molecule has 0 saturated carbocycles. The third-order valence-electron chi connectivity index (χ3n) is 4.26. The lowest BCUT2D eigenvalue weighted by Gasteiger charge is -2.26. The van der Waals surface area contributed by atoms with E-state index in [2.05, 4.69) is 20.1 Å². The number of aromatic nitrogens is 1. The van der Waals surface area contributed by atoms with Gasteiger partial charge in [-0.15, -0.1) is 0 Å². The van der Waals surface area contributed by atoms with Crippen LogP contribution < -0.4 is 10.2 Å². The van der Waals surface area contributed by atoms with E-state index in [9.17, 15) is 4.79 Å². The predicted octanol–water partition coefficient (Wildman–Crippen LogP) is 0.744. The molecule has 22 heavy (non-hydrogen) atoms. The second kappa shape index (κ2) is 7.56. The van der Waals surface area contributed by atoms with E-state index in [4.69, 9.17) is 4.74 Å².